The number of nitrogens with one attached hydrogen (secondary N) is 2. The Balaban J connectivity index is 1.64. The molecule has 0 atom stereocenters. The Hall–Kier alpha value is -2.44. The molecule has 0 saturated heterocycles. The molecule has 4 nitrogen and oxygen atoms in total. The molecule has 3 rings (SSSR count). The number of hydrazone groups is 1. The van der Waals surface area contributed by atoms with Crippen LogP contribution in [-0.2, 0) is 0 Å². The molecule has 3 aromatic rings. The summed E-state index contributed by atoms with van der Waals surface area (Å²) in [6.07, 6.45) is 3.73. The summed E-state index contributed by atoms with van der Waals surface area (Å²) in [5.74, 6) is 0. The number of benzene rings is 2. The number of nitrogens with zero attached hydrogens (tertiary/aromatic N) is 2. The summed E-state index contributed by atoms with van der Waals surface area (Å²) in [6.45, 7) is 0. The Labute approximate surface area is 154 Å². The van der Waals surface area contributed by atoms with Gasteiger partial charge in [-0.3, -0.25) is 5.43 Å². The zero-order chi connectivity index (χ0) is 16.8. The van der Waals surface area contributed by atoms with Crippen LogP contribution in [0.4, 0.5) is 5.69 Å². The van der Waals surface area contributed by atoms with E-state index in [-0.39, 0.29) is 0 Å². The van der Waals surface area contributed by atoms with Crippen molar-refractivity contribution < 1.29 is 0 Å². The molecular weight excluding hydrogens is 384 g/mol. The molecule has 24 heavy (non-hydrogen) atoms. The third-order valence-electron chi connectivity index (χ3n) is 3.28. The predicted octanol–water partition coefficient (Wildman–Crippen LogP) is 4.56. The third-order valence-corrected chi connectivity index (χ3v) is 4.00. The van der Waals surface area contributed by atoms with Crippen molar-refractivity contribution in [3.63, 3.8) is 0 Å². The van der Waals surface area contributed by atoms with Crippen LogP contribution >= 0.6 is 28.1 Å². The summed E-state index contributed by atoms with van der Waals surface area (Å²) in [7, 11) is 0. The lowest BCUT2D eigenvalue weighted by molar-refractivity contribution is 1.03. The van der Waals surface area contributed by atoms with Crippen LogP contribution in [0, 0.1) is 0 Å². The van der Waals surface area contributed by atoms with Crippen molar-refractivity contribution in [2.24, 2.45) is 5.10 Å². The molecule has 2 aromatic carbocycles. The van der Waals surface area contributed by atoms with Crippen LogP contribution < -0.4 is 10.7 Å². The molecule has 120 valence electrons. The van der Waals surface area contributed by atoms with Crippen LogP contribution in [-0.4, -0.2) is 15.9 Å². The Morgan fingerprint density at radius 2 is 1.75 bits per heavy atom. The Morgan fingerprint density at radius 1 is 1.00 bits per heavy atom. The Kier molecular flexibility index (Phi) is 5.40. The summed E-state index contributed by atoms with van der Waals surface area (Å²) in [5.41, 5.74) is 5.76. The van der Waals surface area contributed by atoms with Gasteiger partial charge in [-0.05, 0) is 60.7 Å². The van der Waals surface area contributed by atoms with Gasteiger partial charge in [-0.15, -0.1) is 0 Å². The molecule has 0 aliphatic rings. The number of thiocarbonyl (C=S) groups is 1. The first-order chi connectivity index (χ1) is 11.7. The largest absolute Gasteiger partial charge is 0.331 e. The molecule has 1 heterocycles. The fourth-order valence-electron chi connectivity index (χ4n) is 2.17. The zero-order valence-electron chi connectivity index (χ0n) is 12.7. The first-order valence-corrected chi connectivity index (χ1v) is 8.51. The topological polar surface area (TPSA) is 41.4 Å². The Bertz CT molecular complexity index is 841. The maximum atomic E-state index is 5.22. The highest BCUT2D eigenvalue weighted by Gasteiger charge is 2.01. The molecule has 0 saturated carbocycles. The van der Waals surface area contributed by atoms with Gasteiger partial charge in [-0.2, -0.15) is 5.10 Å². The third kappa shape index (κ3) is 4.31. The van der Waals surface area contributed by atoms with Gasteiger partial charge in [-0.1, -0.05) is 34.1 Å². The van der Waals surface area contributed by atoms with Crippen LogP contribution in [0.1, 0.15) is 5.69 Å². The summed E-state index contributed by atoms with van der Waals surface area (Å²) in [4.78, 5) is 0. The molecule has 1 aromatic heterocycles. The molecule has 0 bridgehead atoms. The second-order valence-electron chi connectivity index (χ2n) is 4.97. The van der Waals surface area contributed by atoms with Crippen molar-refractivity contribution in [3.05, 3.63) is 83.1 Å². The van der Waals surface area contributed by atoms with Crippen LogP contribution in [0.15, 0.2) is 82.5 Å². The number of hydrogen-bond acceptors (Lipinski definition) is 2. The lowest BCUT2D eigenvalue weighted by Crippen LogP contribution is -2.23. The summed E-state index contributed by atoms with van der Waals surface area (Å²) in [5, 5.41) is 7.72. The lowest BCUT2D eigenvalue weighted by atomic mass is 10.3. The van der Waals surface area contributed by atoms with Crippen molar-refractivity contribution in [1.29, 1.82) is 0 Å². The first-order valence-electron chi connectivity index (χ1n) is 7.31. The van der Waals surface area contributed by atoms with E-state index in [0.29, 0.717) is 5.11 Å². The van der Waals surface area contributed by atoms with Gasteiger partial charge >= 0.3 is 0 Å². The van der Waals surface area contributed by atoms with Crippen molar-refractivity contribution in [2.45, 2.75) is 0 Å². The van der Waals surface area contributed by atoms with Crippen molar-refractivity contribution >= 4 is 45.2 Å². The van der Waals surface area contributed by atoms with Crippen molar-refractivity contribution in [1.82, 2.24) is 9.99 Å². The van der Waals surface area contributed by atoms with Crippen molar-refractivity contribution in [3.8, 4) is 5.69 Å². The second-order valence-corrected chi connectivity index (χ2v) is 6.29. The van der Waals surface area contributed by atoms with E-state index in [1.165, 1.54) is 0 Å². The van der Waals surface area contributed by atoms with Crippen LogP contribution in [0.25, 0.3) is 5.69 Å². The van der Waals surface area contributed by atoms with Crippen LogP contribution in [0.2, 0.25) is 0 Å². The van der Waals surface area contributed by atoms with Gasteiger partial charge in [0, 0.05) is 22.0 Å². The fourth-order valence-corrected chi connectivity index (χ4v) is 2.61. The summed E-state index contributed by atoms with van der Waals surface area (Å²) >= 11 is 8.67. The molecule has 0 unspecified atom stereocenters. The van der Waals surface area contributed by atoms with Gasteiger partial charge in [0.25, 0.3) is 0 Å². The average Bonchev–Trinajstić information content (AvgIpc) is 3.05. The standard InChI is InChI=1S/C18H15BrN4S/c19-14-8-10-16(11-9-14)23-12-4-7-17(23)13-20-22-18(24)21-15-5-2-1-3-6-15/h1-13H,(H2,21,22,24)/b20-13+. The molecular formula is C18H15BrN4S. The minimum Gasteiger partial charge on any atom is -0.331 e. The Morgan fingerprint density at radius 3 is 2.50 bits per heavy atom. The van der Waals surface area contributed by atoms with E-state index in [2.05, 4.69) is 31.8 Å². The molecule has 2 N–H and O–H groups in total. The summed E-state index contributed by atoms with van der Waals surface area (Å²) in [6, 6.07) is 21.8. The predicted molar refractivity (Wildman–Crippen MR) is 107 cm³/mol. The second kappa shape index (κ2) is 7.90. The van der Waals surface area contributed by atoms with E-state index in [1.54, 1.807) is 6.21 Å². The van der Waals surface area contributed by atoms with Gasteiger partial charge in [0.2, 0.25) is 0 Å². The fraction of sp³-hybridized carbons (Fsp3) is 0. The van der Waals surface area contributed by atoms with Gasteiger partial charge in [-0.25, -0.2) is 0 Å². The van der Waals surface area contributed by atoms with E-state index >= 15 is 0 Å². The number of aromatic nitrogens is 1. The molecule has 0 amide bonds. The molecule has 0 fully saturated rings. The maximum Gasteiger partial charge on any atom is 0.191 e. The normalized spacial score (nSPS) is 10.7. The van der Waals surface area contributed by atoms with Gasteiger partial charge in [0.1, 0.15) is 0 Å². The number of hydrogen-bond donors (Lipinski definition) is 2. The van der Waals surface area contributed by atoms with Gasteiger partial charge < -0.3 is 9.88 Å². The molecule has 0 aliphatic carbocycles. The molecule has 0 spiro atoms. The quantitative estimate of drug-likeness (QED) is 0.384. The highest BCUT2D eigenvalue weighted by Crippen LogP contribution is 2.15. The van der Waals surface area contributed by atoms with Gasteiger partial charge in [0.15, 0.2) is 5.11 Å². The first kappa shape index (κ1) is 16.4. The SMILES string of the molecule is S=C(N/N=C/c1cccn1-c1ccc(Br)cc1)Nc1ccccc1. The monoisotopic (exact) mass is 398 g/mol. The smallest absolute Gasteiger partial charge is 0.191 e. The van der Waals surface area contributed by atoms with E-state index in [9.17, 15) is 0 Å². The van der Waals surface area contributed by atoms with E-state index < -0.39 is 0 Å². The van der Waals surface area contributed by atoms with E-state index in [4.69, 9.17) is 12.2 Å². The number of anilines is 1. The van der Waals surface area contributed by atoms with Gasteiger partial charge in [0.05, 0.1) is 11.9 Å². The van der Waals surface area contributed by atoms with Crippen molar-refractivity contribution in [2.75, 3.05) is 5.32 Å². The maximum absolute atomic E-state index is 5.22. The zero-order valence-corrected chi connectivity index (χ0v) is 15.1. The lowest BCUT2D eigenvalue weighted by Gasteiger charge is -2.08. The molecule has 0 aliphatic heterocycles. The highest BCUT2D eigenvalue weighted by atomic mass is 79.9. The molecule has 0 radical (unpaired) electrons. The number of para-hydroxylation sites is 1. The van der Waals surface area contributed by atoms with E-state index in [1.807, 2.05) is 77.5 Å². The minimum absolute atomic E-state index is 0.444. The number of rotatable bonds is 4. The molecule has 6 heteroatoms. The minimum atomic E-state index is 0.444. The number of halogens is 1. The van der Waals surface area contributed by atoms with Crippen LogP contribution in [0.5, 0.6) is 0 Å². The highest BCUT2D eigenvalue weighted by molar-refractivity contribution is 9.10. The average molecular weight is 399 g/mol. The summed E-state index contributed by atoms with van der Waals surface area (Å²) < 4.78 is 3.10. The van der Waals surface area contributed by atoms with E-state index in [0.717, 1.165) is 21.5 Å². The van der Waals surface area contributed by atoms with Crippen LogP contribution in [0.3, 0.4) is 0 Å².